The van der Waals surface area contributed by atoms with Crippen molar-refractivity contribution < 1.29 is 42.9 Å². The number of carbonyl (C=O) groups excluding carboxylic acids is 2. The SMILES string of the molecule is CC/C=C\C/C=C\C/C=C\C/C=C\C/C=C\C/C=C\CCCCCCCCCCCCCCCCCCCCCCC(=O)OC(COC(=O)CCCCCCCCCCCCCCCCCCCCCCC/C=C\CCCCCCCCCC)COC(OCC[N+](C)(C)C)C(=O)O. The average Bonchev–Trinajstić information content (AvgIpc) is 2.39. The largest absolute Gasteiger partial charge is 0.477 e. The molecule has 0 fully saturated rings. The maximum atomic E-state index is 13.0. The number of allylic oxidation sites excluding steroid dienone is 14. The Morgan fingerprint density at radius 2 is 0.588 bits per heavy atom. The number of quaternary nitrogens is 1. The number of aliphatic carboxylic acids is 1. The number of carboxylic acids is 1. The van der Waals surface area contributed by atoms with Crippen LogP contribution in [0.4, 0.5) is 0 Å². The first-order valence-electron chi connectivity index (χ1n) is 41.8. The minimum Gasteiger partial charge on any atom is -0.477 e. The van der Waals surface area contributed by atoms with Crippen LogP contribution in [0.5, 0.6) is 0 Å². The lowest BCUT2D eigenvalue weighted by molar-refractivity contribution is -0.870. The maximum absolute atomic E-state index is 13.0. The molecule has 9 nitrogen and oxygen atoms in total. The van der Waals surface area contributed by atoms with Crippen LogP contribution >= 0.6 is 0 Å². The van der Waals surface area contributed by atoms with Crippen LogP contribution in [0.25, 0.3) is 0 Å². The lowest BCUT2D eigenvalue weighted by atomic mass is 10.0. The molecule has 97 heavy (non-hydrogen) atoms. The first-order valence-corrected chi connectivity index (χ1v) is 41.8. The number of likely N-dealkylation sites (N-methyl/N-ethyl adjacent to an activating group) is 1. The number of hydrogen-bond donors (Lipinski definition) is 1. The molecule has 9 heteroatoms. The van der Waals surface area contributed by atoms with Gasteiger partial charge in [0.25, 0.3) is 6.29 Å². The Labute approximate surface area is 601 Å². The highest BCUT2D eigenvalue weighted by Crippen LogP contribution is 2.20. The van der Waals surface area contributed by atoms with Crippen molar-refractivity contribution in [3.05, 3.63) is 85.1 Å². The van der Waals surface area contributed by atoms with Crippen LogP contribution < -0.4 is 0 Å². The third-order valence-electron chi connectivity index (χ3n) is 18.6. The third kappa shape index (κ3) is 79.7. The molecule has 0 aliphatic carbocycles. The van der Waals surface area contributed by atoms with Gasteiger partial charge in [0, 0.05) is 12.8 Å². The summed E-state index contributed by atoms with van der Waals surface area (Å²) in [6, 6.07) is 0. The Morgan fingerprint density at radius 1 is 0.320 bits per heavy atom. The smallest absolute Gasteiger partial charge is 0.361 e. The number of hydrogen-bond acceptors (Lipinski definition) is 7. The Hall–Kier alpha value is -3.53. The van der Waals surface area contributed by atoms with E-state index in [1.807, 2.05) is 21.1 Å². The van der Waals surface area contributed by atoms with Gasteiger partial charge >= 0.3 is 17.9 Å². The van der Waals surface area contributed by atoms with Crippen molar-refractivity contribution in [1.29, 1.82) is 0 Å². The van der Waals surface area contributed by atoms with Gasteiger partial charge in [-0.1, -0.05) is 381 Å². The van der Waals surface area contributed by atoms with E-state index in [4.69, 9.17) is 18.9 Å². The van der Waals surface area contributed by atoms with Gasteiger partial charge in [-0.05, 0) is 89.9 Å². The van der Waals surface area contributed by atoms with Gasteiger partial charge in [-0.3, -0.25) is 9.59 Å². The number of rotatable bonds is 78. The molecule has 1 N–H and O–H groups in total. The van der Waals surface area contributed by atoms with E-state index in [0.717, 1.165) is 77.0 Å². The molecule has 2 unspecified atom stereocenters. The molecule has 0 aliphatic rings. The van der Waals surface area contributed by atoms with E-state index in [-0.39, 0.29) is 38.2 Å². The molecule has 0 saturated heterocycles. The first kappa shape index (κ1) is 93.5. The molecule has 0 aromatic carbocycles. The van der Waals surface area contributed by atoms with Crippen molar-refractivity contribution in [1.82, 2.24) is 0 Å². The summed E-state index contributed by atoms with van der Waals surface area (Å²) in [5.74, 6) is -1.98. The molecule has 0 amide bonds. The van der Waals surface area contributed by atoms with E-state index in [1.54, 1.807) is 0 Å². The second kappa shape index (κ2) is 78.2. The van der Waals surface area contributed by atoms with Crippen molar-refractivity contribution >= 4 is 17.9 Å². The maximum Gasteiger partial charge on any atom is 0.361 e. The fourth-order valence-electron chi connectivity index (χ4n) is 12.3. The monoisotopic (exact) mass is 1360 g/mol. The van der Waals surface area contributed by atoms with Crippen molar-refractivity contribution in [2.24, 2.45) is 0 Å². The van der Waals surface area contributed by atoms with Gasteiger partial charge < -0.3 is 28.5 Å². The zero-order valence-electron chi connectivity index (χ0n) is 64.7. The fraction of sp³-hybridized carbons (Fsp3) is 0.807. The summed E-state index contributed by atoms with van der Waals surface area (Å²) in [6.07, 6.45) is 105. The van der Waals surface area contributed by atoms with Crippen LogP contribution in [0.15, 0.2) is 85.1 Å². The van der Waals surface area contributed by atoms with E-state index in [2.05, 4.69) is 98.9 Å². The predicted octanol–water partition coefficient (Wildman–Crippen LogP) is 26.9. The number of unbranched alkanes of at least 4 members (excludes halogenated alkanes) is 49. The lowest BCUT2D eigenvalue weighted by Gasteiger charge is -2.25. The van der Waals surface area contributed by atoms with Crippen LogP contribution in [0.3, 0.4) is 0 Å². The molecule has 0 heterocycles. The van der Waals surface area contributed by atoms with E-state index in [1.165, 1.54) is 295 Å². The fourth-order valence-corrected chi connectivity index (χ4v) is 12.3. The molecular formula is C88H160NO8+. The topological polar surface area (TPSA) is 108 Å². The van der Waals surface area contributed by atoms with Gasteiger partial charge in [0.2, 0.25) is 0 Å². The van der Waals surface area contributed by atoms with Gasteiger partial charge in [-0.2, -0.15) is 0 Å². The molecule has 0 radical (unpaired) electrons. The second-order valence-corrected chi connectivity index (χ2v) is 29.4. The lowest BCUT2D eigenvalue weighted by Crippen LogP contribution is -2.40. The highest BCUT2D eigenvalue weighted by Gasteiger charge is 2.25. The normalized spacial score (nSPS) is 13.0. The van der Waals surface area contributed by atoms with Gasteiger partial charge in [-0.15, -0.1) is 0 Å². The highest BCUT2D eigenvalue weighted by molar-refractivity contribution is 5.71. The van der Waals surface area contributed by atoms with E-state index in [9.17, 15) is 19.5 Å². The standard InChI is InChI=1S/C88H159NO8/c1-6-8-10-12-14-16-18-20-22-24-26-28-30-32-34-36-38-40-41-42-43-44-45-47-49-51-53-55-57-59-61-63-65-67-69-71-73-75-77-79-86(91)97-84(83-96-88(87(92)93)94-81-80-89(3,4)5)82-95-85(90)78-76-74-72-70-68-66-64-62-60-58-56-54-52-50-48-46-39-37-35-33-31-29-27-25-23-21-19-17-15-13-11-9-7-2/h8,10,14,16,20,22,25-28,32,34,38,40,84,88H,6-7,9,11-13,15,17-19,21,23-24,29-31,33,35-37,39,41-83H2,1-5H3/p+1/b10-8-,16-14-,22-20-,27-25-,28-26-,34-32-,40-38-. The molecule has 2 atom stereocenters. The van der Waals surface area contributed by atoms with Crippen molar-refractivity contribution in [3.8, 4) is 0 Å². The van der Waals surface area contributed by atoms with E-state index >= 15 is 0 Å². The summed E-state index contributed by atoms with van der Waals surface area (Å²) in [7, 11) is 6.00. The molecule has 0 aromatic heterocycles. The summed E-state index contributed by atoms with van der Waals surface area (Å²) in [5.41, 5.74) is 0. The minimum atomic E-state index is -1.51. The Bertz CT molecular complexity index is 1870. The predicted molar refractivity (Wildman–Crippen MR) is 419 cm³/mol. The van der Waals surface area contributed by atoms with Crippen molar-refractivity contribution in [2.45, 2.75) is 411 Å². The zero-order valence-corrected chi connectivity index (χ0v) is 64.7. The summed E-state index contributed by atoms with van der Waals surface area (Å²) >= 11 is 0. The van der Waals surface area contributed by atoms with E-state index < -0.39 is 18.4 Å². The quantitative estimate of drug-likeness (QED) is 0.0211. The highest BCUT2D eigenvalue weighted by atomic mass is 16.7. The molecule has 0 aromatic rings. The molecule has 564 valence electrons. The van der Waals surface area contributed by atoms with Crippen LogP contribution in [-0.2, 0) is 33.3 Å². The minimum absolute atomic E-state index is 0.178. The Kier molecular flexibility index (Phi) is 75.3. The molecule has 0 rings (SSSR count). The van der Waals surface area contributed by atoms with Crippen molar-refractivity contribution in [3.63, 3.8) is 0 Å². The number of carboxylic acid groups (broad SMARTS) is 1. The Morgan fingerprint density at radius 3 is 0.887 bits per heavy atom. The molecule has 0 bridgehead atoms. The van der Waals surface area contributed by atoms with Gasteiger partial charge in [0.15, 0.2) is 6.10 Å². The average molecular weight is 1360 g/mol. The number of carbonyl (C=O) groups is 3. The summed E-state index contributed by atoms with van der Waals surface area (Å²) in [4.78, 5) is 37.8. The summed E-state index contributed by atoms with van der Waals surface area (Å²) in [6.45, 7) is 4.83. The van der Waals surface area contributed by atoms with Gasteiger partial charge in [0.1, 0.15) is 13.2 Å². The van der Waals surface area contributed by atoms with Gasteiger partial charge in [0.05, 0.1) is 34.4 Å². The number of ether oxygens (including phenoxy) is 4. The summed E-state index contributed by atoms with van der Waals surface area (Å²) < 4.78 is 23.1. The zero-order chi connectivity index (χ0) is 70.4. The van der Waals surface area contributed by atoms with Crippen LogP contribution in [0, 0.1) is 0 Å². The van der Waals surface area contributed by atoms with Crippen LogP contribution in [-0.4, -0.2) is 87.4 Å². The third-order valence-corrected chi connectivity index (χ3v) is 18.6. The molecule has 0 aliphatic heterocycles. The Balaban J connectivity index is 3.97. The first-order chi connectivity index (χ1) is 47.6. The molecule has 0 spiro atoms. The van der Waals surface area contributed by atoms with Crippen LogP contribution in [0.2, 0.25) is 0 Å². The van der Waals surface area contributed by atoms with Gasteiger partial charge in [-0.25, -0.2) is 4.79 Å². The number of nitrogens with zero attached hydrogens (tertiary/aromatic N) is 1. The molecular weight excluding hydrogens is 1200 g/mol. The van der Waals surface area contributed by atoms with Crippen LogP contribution in [0.1, 0.15) is 399 Å². The van der Waals surface area contributed by atoms with Crippen molar-refractivity contribution in [2.75, 3.05) is 47.5 Å². The number of esters is 2. The van der Waals surface area contributed by atoms with E-state index in [0.29, 0.717) is 17.4 Å². The summed E-state index contributed by atoms with van der Waals surface area (Å²) in [5, 5.41) is 9.78. The second-order valence-electron chi connectivity index (χ2n) is 29.4. The molecule has 0 saturated carbocycles.